The van der Waals surface area contributed by atoms with Gasteiger partial charge in [-0.25, -0.2) is 0 Å². The van der Waals surface area contributed by atoms with Gasteiger partial charge in [0.15, 0.2) is 5.82 Å². The Morgan fingerprint density at radius 1 is 1.29 bits per heavy atom. The summed E-state index contributed by atoms with van der Waals surface area (Å²) in [5.41, 5.74) is 7.35. The molecule has 1 saturated heterocycles. The molecular weight excluding hydrogens is 290 g/mol. The quantitative estimate of drug-likeness (QED) is 0.940. The van der Waals surface area contributed by atoms with Crippen LogP contribution in [-0.2, 0) is 4.74 Å². The molecule has 0 radical (unpaired) electrons. The van der Waals surface area contributed by atoms with Gasteiger partial charge in [0.2, 0.25) is 5.89 Å². The second kappa shape index (κ2) is 7.02. The van der Waals surface area contributed by atoms with Crippen molar-refractivity contribution < 1.29 is 9.26 Å². The van der Waals surface area contributed by atoms with E-state index in [4.69, 9.17) is 15.0 Å². The second-order valence-corrected chi connectivity index (χ2v) is 5.28. The van der Waals surface area contributed by atoms with E-state index in [2.05, 4.69) is 10.1 Å². The van der Waals surface area contributed by atoms with Crippen LogP contribution in [0.15, 0.2) is 34.9 Å². The number of hydrogen-bond donors (Lipinski definition) is 1. The third kappa shape index (κ3) is 3.43. The molecule has 3 atom stereocenters. The number of ether oxygens (including phenoxy) is 1. The molecule has 2 heterocycles. The standard InChI is InChI=1S/C15H19N3O2.ClH/c1-10(13(16)11-5-3-2-4-6-11)15-17-14(18-20-15)12-7-8-19-9-12;/h2-6,10,12-13H,7-9,16H2,1H3;1H. The smallest absolute Gasteiger partial charge is 0.231 e. The van der Waals surface area contributed by atoms with Crippen LogP contribution in [0.25, 0.3) is 0 Å². The first-order chi connectivity index (χ1) is 9.75. The predicted molar refractivity (Wildman–Crippen MR) is 81.5 cm³/mol. The summed E-state index contributed by atoms with van der Waals surface area (Å²) >= 11 is 0. The molecule has 1 aromatic heterocycles. The van der Waals surface area contributed by atoms with E-state index in [0.717, 1.165) is 24.4 Å². The molecule has 6 heteroatoms. The monoisotopic (exact) mass is 309 g/mol. The van der Waals surface area contributed by atoms with Gasteiger partial charge in [0, 0.05) is 18.6 Å². The molecular formula is C15H20ClN3O2. The second-order valence-electron chi connectivity index (χ2n) is 5.28. The minimum Gasteiger partial charge on any atom is -0.381 e. The third-order valence-corrected chi connectivity index (χ3v) is 3.86. The van der Waals surface area contributed by atoms with Crippen LogP contribution in [0.1, 0.15) is 48.5 Å². The third-order valence-electron chi connectivity index (χ3n) is 3.86. The molecule has 0 amide bonds. The zero-order chi connectivity index (χ0) is 13.9. The van der Waals surface area contributed by atoms with Gasteiger partial charge in [0.1, 0.15) is 0 Å². The van der Waals surface area contributed by atoms with E-state index in [1.807, 2.05) is 37.3 Å². The minimum absolute atomic E-state index is 0. The Balaban J connectivity index is 0.00000161. The highest BCUT2D eigenvalue weighted by molar-refractivity contribution is 5.85. The molecule has 1 aliphatic heterocycles. The van der Waals surface area contributed by atoms with Crippen molar-refractivity contribution >= 4 is 12.4 Å². The summed E-state index contributed by atoms with van der Waals surface area (Å²) in [7, 11) is 0. The highest BCUT2D eigenvalue weighted by atomic mass is 35.5. The number of nitrogens with zero attached hydrogens (tertiary/aromatic N) is 2. The first-order valence-electron chi connectivity index (χ1n) is 6.97. The van der Waals surface area contributed by atoms with E-state index >= 15 is 0 Å². The van der Waals surface area contributed by atoms with Crippen LogP contribution < -0.4 is 5.73 Å². The predicted octanol–water partition coefficient (Wildman–Crippen LogP) is 2.80. The summed E-state index contributed by atoms with van der Waals surface area (Å²) in [6, 6.07) is 9.83. The van der Waals surface area contributed by atoms with Gasteiger partial charge in [-0.1, -0.05) is 42.4 Å². The van der Waals surface area contributed by atoms with Gasteiger partial charge >= 0.3 is 0 Å². The largest absolute Gasteiger partial charge is 0.381 e. The van der Waals surface area contributed by atoms with Crippen molar-refractivity contribution in [1.29, 1.82) is 0 Å². The molecule has 5 nitrogen and oxygen atoms in total. The summed E-state index contributed by atoms with van der Waals surface area (Å²) in [5.74, 6) is 1.58. The van der Waals surface area contributed by atoms with Crippen molar-refractivity contribution in [2.24, 2.45) is 5.73 Å². The zero-order valence-electron chi connectivity index (χ0n) is 11.9. The van der Waals surface area contributed by atoms with Crippen LogP contribution >= 0.6 is 12.4 Å². The Bertz CT molecular complexity index is 555. The fourth-order valence-corrected chi connectivity index (χ4v) is 2.45. The lowest BCUT2D eigenvalue weighted by Gasteiger charge is -2.16. The maximum Gasteiger partial charge on any atom is 0.231 e. The number of aromatic nitrogens is 2. The van der Waals surface area contributed by atoms with E-state index in [1.165, 1.54) is 0 Å². The SMILES string of the molecule is CC(c1nc(C2CCOC2)no1)C(N)c1ccccc1.Cl. The van der Waals surface area contributed by atoms with Gasteiger partial charge in [-0.2, -0.15) is 4.98 Å². The molecule has 0 aliphatic carbocycles. The average Bonchev–Trinajstić information content (AvgIpc) is 3.17. The van der Waals surface area contributed by atoms with Gasteiger partial charge < -0.3 is 15.0 Å². The Hall–Kier alpha value is -1.43. The normalized spacial score (nSPS) is 20.8. The summed E-state index contributed by atoms with van der Waals surface area (Å²) in [4.78, 5) is 4.50. The maximum absolute atomic E-state index is 6.28. The van der Waals surface area contributed by atoms with Crippen LogP contribution in [0.5, 0.6) is 0 Å². The fourth-order valence-electron chi connectivity index (χ4n) is 2.45. The van der Waals surface area contributed by atoms with E-state index in [1.54, 1.807) is 0 Å². The molecule has 3 rings (SSSR count). The van der Waals surface area contributed by atoms with Crippen LogP contribution in [0, 0.1) is 0 Å². The minimum atomic E-state index is -0.149. The lowest BCUT2D eigenvalue weighted by Crippen LogP contribution is -2.18. The van der Waals surface area contributed by atoms with Crippen molar-refractivity contribution in [3.8, 4) is 0 Å². The summed E-state index contributed by atoms with van der Waals surface area (Å²) < 4.78 is 10.7. The topological polar surface area (TPSA) is 74.2 Å². The molecule has 0 spiro atoms. The molecule has 1 aromatic carbocycles. The van der Waals surface area contributed by atoms with E-state index in [-0.39, 0.29) is 30.3 Å². The lowest BCUT2D eigenvalue weighted by molar-refractivity contribution is 0.192. The van der Waals surface area contributed by atoms with Crippen LogP contribution in [0.3, 0.4) is 0 Å². The number of nitrogens with two attached hydrogens (primary N) is 1. The first kappa shape index (κ1) is 15.9. The van der Waals surface area contributed by atoms with Crippen LogP contribution in [0.4, 0.5) is 0 Å². The fraction of sp³-hybridized carbons (Fsp3) is 0.467. The Kier molecular flexibility index (Phi) is 5.33. The summed E-state index contributed by atoms with van der Waals surface area (Å²) in [5, 5.41) is 4.07. The molecule has 0 saturated carbocycles. The Morgan fingerprint density at radius 2 is 2.05 bits per heavy atom. The summed E-state index contributed by atoms with van der Waals surface area (Å²) in [6.45, 7) is 3.46. The molecule has 2 N–H and O–H groups in total. The number of benzene rings is 1. The van der Waals surface area contributed by atoms with Crippen molar-refractivity contribution in [3.05, 3.63) is 47.6 Å². The Labute approximate surface area is 130 Å². The molecule has 2 aromatic rings. The zero-order valence-corrected chi connectivity index (χ0v) is 12.8. The Morgan fingerprint density at radius 3 is 2.71 bits per heavy atom. The van der Waals surface area contributed by atoms with Gasteiger partial charge in [0.05, 0.1) is 12.5 Å². The summed E-state index contributed by atoms with van der Waals surface area (Å²) in [6.07, 6.45) is 0.956. The molecule has 1 aliphatic rings. The van der Waals surface area contributed by atoms with E-state index in [9.17, 15) is 0 Å². The molecule has 21 heavy (non-hydrogen) atoms. The average molecular weight is 310 g/mol. The highest BCUT2D eigenvalue weighted by Gasteiger charge is 2.27. The van der Waals surface area contributed by atoms with Crippen LogP contribution in [-0.4, -0.2) is 23.4 Å². The van der Waals surface area contributed by atoms with Crippen molar-refractivity contribution in [3.63, 3.8) is 0 Å². The highest BCUT2D eigenvalue weighted by Crippen LogP contribution is 2.29. The van der Waals surface area contributed by atoms with Gasteiger partial charge in [-0.3, -0.25) is 0 Å². The molecule has 114 valence electrons. The van der Waals surface area contributed by atoms with E-state index < -0.39 is 0 Å². The first-order valence-corrected chi connectivity index (χ1v) is 6.97. The lowest BCUT2D eigenvalue weighted by atomic mass is 9.95. The van der Waals surface area contributed by atoms with E-state index in [0.29, 0.717) is 12.5 Å². The van der Waals surface area contributed by atoms with Gasteiger partial charge in [-0.05, 0) is 12.0 Å². The van der Waals surface area contributed by atoms with Crippen molar-refractivity contribution in [2.75, 3.05) is 13.2 Å². The van der Waals surface area contributed by atoms with Gasteiger partial charge in [-0.15, -0.1) is 12.4 Å². The number of rotatable bonds is 4. The van der Waals surface area contributed by atoms with Crippen LogP contribution in [0.2, 0.25) is 0 Å². The number of hydrogen-bond acceptors (Lipinski definition) is 5. The molecule has 3 unspecified atom stereocenters. The van der Waals surface area contributed by atoms with Crippen molar-refractivity contribution in [1.82, 2.24) is 10.1 Å². The van der Waals surface area contributed by atoms with Crippen molar-refractivity contribution in [2.45, 2.75) is 31.2 Å². The molecule has 1 fully saturated rings. The molecule has 0 bridgehead atoms. The number of halogens is 1. The van der Waals surface area contributed by atoms with Gasteiger partial charge in [0.25, 0.3) is 0 Å². The maximum atomic E-state index is 6.28.